The van der Waals surface area contributed by atoms with E-state index in [0.29, 0.717) is 29.5 Å². The lowest BCUT2D eigenvalue weighted by atomic mass is 10.2. The molecule has 1 aromatic carbocycles. The minimum Gasteiger partial charge on any atom is -0.350 e. The number of hydrogen-bond donors (Lipinski definition) is 1. The monoisotopic (exact) mass is 364 g/mol. The van der Waals surface area contributed by atoms with Gasteiger partial charge in [-0.1, -0.05) is 18.5 Å². The third-order valence-electron chi connectivity index (χ3n) is 4.71. The summed E-state index contributed by atoms with van der Waals surface area (Å²) in [5, 5.41) is 7.55. The van der Waals surface area contributed by atoms with Gasteiger partial charge in [0.05, 0.1) is 16.9 Å². The Morgan fingerprint density at radius 1 is 1.40 bits per heavy atom. The molecule has 0 bridgehead atoms. The summed E-state index contributed by atoms with van der Waals surface area (Å²) in [6.45, 7) is 6.55. The zero-order valence-corrected chi connectivity index (χ0v) is 15.2. The van der Waals surface area contributed by atoms with Gasteiger partial charge < -0.3 is 5.32 Å². The molecule has 3 rings (SSSR count). The molecular weight excluding hydrogens is 343 g/mol. The normalized spacial score (nSPS) is 17.8. The first-order chi connectivity index (χ1) is 12.0. The molecule has 0 spiro atoms. The molecule has 2 heterocycles. The minimum atomic E-state index is -0.334. The smallest absolute Gasteiger partial charge is 0.256 e. The van der Waals surface area contributed by atoms with Crippen molar-refractivity contribution in [3.8, 4) is 5.69 Å². The third kappa shape index (κ3) is 3.70. The van der Waals surface area contributed by atoms with Crippen molar-refractivity contribution < 1.29 is 9.18 Å². The molecular formula is C18H22ClFN4O. The molecule has 5 nitrogen and oxygen atoms in total. The Bertz CT molecular complexity index is 759. The van der Waals surface area contributed by atoms with Gasteiger partial charge in [-0.25, -0.2) is 9.07 Å². The first-order valence-electron chi connectivity index (χ1n) is 8.54. The average molecular weight is 365 g/mol. The third-order valence-corrected chi connectivity index (χ3v) is 5.05. The standard InChI is InChI=1S/C18H22ClFN4O/c1-3-23-10-4-5-15(23)11-21-18(25)16-12(2)22-24(17(16)19)14-8-6-13(20)7-9-14/h6-9,15H,3-5,10-11H2,1-2H3,(H,21,25)/t15-/m0/s1. The van der Waals surface area contributed by atoms with E-state index < -0.39 is 0 Å². The first kappa shape index (κ1) is 17.9. The number of benzene rings is 1. The number of nitrogens with zero attached hydrogens (tertiary/aromatic N) is 3. The van der Waals surface area contributed by atoms with Crippen LogP contribution in [0.2, 0.25) is 5.15 Å². The number of amides is 1. The van der Waals surface area contributed by atoms with Crippen molar-refractivity contribution >= 4 is 17.5 Å². The van der Waals surface area contributed by atoms with E-state index >= 15 is 0 Å². The fourth-order valence-electron chi connectivity index (χ4n) is 3.35. The number of aromatic nitrogens is 2. The lowest BCUT2D eigenvalue weighted by molar-refractivity contribution is 0.0941. The van der Waals surface area contributed by atoms with Gasteiger partial charge in [0, 0.05) is 12.6 Å². The van der Waals surface area contributed by atoms with Crippen LogP contribution in [-0.4, -0.2) is 46.3 Å². The van der Waals surface area contributed by atoms with Crippen LogP contribution >= 0.6 is 11.6 Å². The average Bonchev–Trinajstić information content (AvgIpc) is 3.17. The van der Waals surface area contributed by atoms with Crippen molar-refractivity contribution in [2.24, 2.45) is 0 Å². The molecule has 0 aliphatic carbocycles. The number of nitrogens with one attached hydrogen (secondary N) is 1. The Hall–Kier alpha value is -1.92. The van der Waals surface area contributed by atoms with Crippen LogP contribution in [0.4, 0.5) is 4.39 Å². The number of hydrogen-bond acceptors (Lipinski definition) is 3. The van der Waals surface area contributed by atoms with E-state index in [-0.39, 0.29) is 16.9 Å². The zero-order chi connectivity index (χ0) is 18.0. The first-order valence-corrected chi connectivity index (χ1v) is 8.92. The Balaban J connectivity index is 1.75. The van der Waals surface area contributed by atoms with Gasteiger partial charge in [-0.3, -0.25) is 9.69 Å². The van der Waals surface area contributed by atoms with Crippen molar-refractivity contribution in [1.82, 2.24) is 20.0 Å². The van der Waals surface area contributed by atoms with Gasteiger partial charge in [-0.2, -0.15) is 5.10 Å². The molecule has 1 saturated heterocycles. The molecule has 1 N–H and O–H groups in total. The second-order valence-corrected chi connectivity index (χ2v) is 6.63. The molecule has 1 fully saturated rings. The van der Waals surface area contributed by atoms with E-state index in [9.17, 15) is 9.18 Å². The zero-order valence-electron chi connectivity index (χ0n) is 14.4. The maximum atomic E-state index is 13.1. The number of halogens is 2. The molecule has 1 atom stereocenters. The number of aryl methyl sites for hydroxylation is 1. The fraction of sp³-hybridized carbons (Fsp3) is 0.444. The van der Waals surface area contributed by atoms with E-state index in [1.165, 1.54) is 16.8 Å². The van der Waals surface area contributed by atoms with E-state index in [1.54, 1.807) is 19.1 Å². The van der Waals surface area contributed by atoms with Gasteiger partial charge in [0.1, 0.15) is 11.0 Å². The highest BCUT2D eigenvalue weighted by Crippen LogP contribution is 2.24. The van der Waals surface area contributed by atoms with Crippen LogP contribution in [0.5, 0.6) is 0 Å². The number of carbonyl (C=O) groups excluding carboxylic acids is 1. The molecule has 1 aromatic heterocycles. The maximum Gasteiger partial charge on any atom is 0.256 e. The van der Waals surface area contributed by atoms with Crippen molar-refractivity contribution in [2.75, 3.05) is 19.6 Å². The van der Waals surface area contributed by atoms with E-state index in [4.69, 9.17) is 11.6 Å². The molecule has 7 heteroatoms. The van der Waals surface area contributed by atoms with Gasteiger partial charge in [0.2, 0.25) is 0 Å². The molecule has 0 unspecified atom stereocenters. The van der Waals surface area contributed by atoms with Crippen molar-refractivity contribution in [2.45, 2.75) is 32.7 Å². The van der Waals surface area contributed by atoms with Crippen LogP contribution in [0.3, 0.4) is 0 Å². The molecule has 2 aromatic rings. The van der Waals surface area contributed by atoms with Gasteiger partial charge in [-0.15, -0.1) is 0 Å². The number of carbonyl (C=O) groups is 1. The lowest BCUT2D eigenvalue weighted by Crippen LogP contribution is -2.40. The topological polar surface area (TPSA) is 50.2 Å². The van der Waals surface area contributed by atoms with Gasteiger partial charge in [0.25, 0.3) is 5.91 Å². The van der Waals surface area contributed by atoms with Crippen LogP contribution in [0, 0.1) is 12.7 Å². The Kier molecular flexibility index (Phi) is 5.39. The van der Waals surface area contributed by atoms with Crippen LogP contribution in [-0.2, 0) is 0 Å². The van der Waals surface area contributed by atoms with Crippen molar-refractivity contribution in [3.05, 3.63) is 46.5 Å². The Labute approximate surface area is 151 Å². The van der Waals surface area contributed by atoms with Crippen LogP contribution < -0.4 is 5.32 Å². The molecule has 0 radical (unpaired) electrons. The maximum absolute atomic E-state index is 13.1. The summed E-state index contributed by atoms with van der Waals surface area (Å²) in [4.78, 5) is 15.0. The summed E-state index contributed by atoms with van der Waals surface area (Å²) < 4.78 is 14.6. The highest BCUT2D eigenvalue weighted by molar-refractivity contribution is 6.33. The summed E-state index contributed by atoms with van der Waals surface area (Å²) in [7, 11) is 0. The van der Waals surface area contributed by atoms with Crippen LogP contribution in [0.15, 0.2) is 24.3 Å². The quantitative estimate of drug-likeness (QED) is 0.886. The second kappa shape index (κ2) is 7.54. The van der Waals surface area contributed by atoms with Crippen molar-refractivity contribution in [3.63, 3.8) is 0 Å². The SMILES string of the molecule is CCN1CCC[C@H]1CNC(=O)c1c(C)nn(-c2ccc(F)cc2)c1Cl. The van der Waals surface area contributed by atoms with E-state index in [0.717, 1.165) is 25.9 Å². The number of rotatable bonds is 5. The van der Waals surface area contributed by atoms with Gasteiger partial charge >= 0.3 is 0 Å². The van der Waals surface area contributed by atoms with Crippen molar-refractivity contribution in [1.29, 1.82) is 0 Å². The highest BCUT2D eigenvalue weighted by atomic mass is 35.5. The highest BCUT2D eigenvalue weighted by Gasteiger charge is 2.25. The van der Waals surface area contributed by atoms with Gasteiger partial charge in [-0.05, 0) is 57.1 Å². The Morgan fingerprint density at radius 3 is 2.80 bits per heavy atom. The second-order valence-electron chi connectivity index (χ2n) is 6.27. The number of likely N-dealkylation sites (N-methyl/N-ethyl adjacent to an activating group) is 1. The number of likely N-dealkylation sites (tertiary alicyclic amines) is 1. The van der Waals surface area contributed by atoms with Crippen LogP contribution in [0.25, 0.3) is 5.69 Å². The molecule has 1 aliphatic heterocycles. The molecule has 134 valence electrons. The van der Waals surface area contributed by atoms with Crippen LogP contribution in [0.1, 0.15) is 35.8 Å². The van der Waals surface area contributed by atoms with E-state index in [2.05, 4.69) is 22.2 Å². The molecule has 1 aliphatic rings. The summed E-state index contributed by atoms with van der Waals surface area (Å²) in [5.41, 5.74) is 1.53. The summed E-state index contributed by atoms with van der Waals surface area (Å²) >= 11 is 6.39. The predicted molar refractivity (Wildman–Crippen MR) is 95.9 cm³/mol. The summed E-state index contributed by atoms with van der Waals surface area (Å²) in [6.07, 6.45) is 2.26. The fourth-order valence-corrected chi connectivity index (χ4v) is 3.71. The minimum absolute atomic E-state index is 0.223. The molecule has 0 saturated carbocycles. The summed E-state index contributed by atoms with van der Waals surface area (Å²) in [6, 6.07) is 6.20. The van der Waals surface area contributed by atoms with Gasteiger partial charge in [0.15, 0.2) is 0 Å². The lowest BCUT2D eigenvalue weighted by Gasteiger charge is -2.22. The Morgan fingerprint density at radius 2 is 2.12 bits per heavy atom. The largest absolute Gasteiger partial charge is 0.350 e. The summed E-state index contributed by atoms with van der Waals surface area (Å²) in [5.74, 6) is -0.558. The predicted octanol–water partition coefficient (Wildman–Crippen LogP) is 3.19. The molecule has 1 amide bonds. The molecule has 25 heavy (non-hydrogen) atoms. The van der Waals surface area contributed by atoms with E-state index in [1.807, 2.05) is 0 Å².